The molecule has 2 saturated carbocycles. The Hall–Kier alpha value is 0. The van der Waals surface area contributed by atoms with Gasteiger partial charge in [-0.1, -0.05) is 13.3 Å². The molecule has 0 spiro atoms. The van der Waals surface area contributed by atoms with Crippen molar-refractivity contribution in [2.75, 3.05) is 0 Å². The Labute approximate surface area is 51.3 Å². The summed E-state index contributed by atoms with van der Waals surface area (Å²) in [6.45, 7) is 2.33. The second-order valence-corrected chi connectivity index (χ2v) is 3.50. The number of hydrogen-bond donors (Lipinski definition) is 0. The van der Waals surface area contributed by atoms with Crippen LogP contribution in [0.5, 0.6) is 0 Å². The van der Waals surface area contributed by atoms with E-state index < -0.39 is 0 Å². The van der Waals surface area contributed by atoms with Gasteiger partial charge < -0.3 is 0 Å². The summed E-state index contributed by atoms with van der Waals surface area (Å²) in [5.41, 5.74) is 0. The fourth-order valence-corrected chi connectivity index (χ4v) is 2.17. The molecule has 0 aromatic rings. The lowest BCUT2D eigenvalue weighted by Gasteiger charge is -2.04. The smallest absolute Gasteiger partial charge is 0.0380 e. The number of rotatable bonds is 1. The molecule has 0 bridgehead atoms. The van der Waals surface area contributed by atoms with Gasteiger partial charge in [0.15, 0.2) is 0 Å². The molecule has 8 heavy (non-hydrogen) atoms. The summed E-state index contributed by atoms with van der Waals surface area (Å²) in [6, 6.07) is 0. The maximum absolute atomic E-state index is 2.33. The fourth-order valence-electron chi connectivity index (χ4n) is 2.17. The molecule has 0 aromatic heterocycles. The van der Waals surface area contributed by atoms with E-state index in [-0.39, 0.29) is 0 Å². The Morgan fingerprint density at radius 2 is 1.75 bits per heavy atom. The third-order valence-corrected chi connectivity index (χ3v) is 2.92. The Bertz CT molecular complexity index is 86.2. The summed E-state index contributed by atoms with van der Waals surface area (Å²) in [4.78, 5) is 0. The highest BCUT2D eigenvalue weighted by Gasteiger charge is 2.44. The first-order valence-corrected chi connectivity index (χ1v) is 3.90. The fraction of sp³-hybridized carbons (Fsp3) is 1.00. The van der Waals surface area contributed by atoms with Crippen LogP contribution in [0.3, 0.4) is 0 Å². The molecular weight excluding hydrogens is 96.1 g/mol. The third-order valence-electron chi connectivity index (χ3n) is 2.92. The zero-order valence-corrected chi connectivity index (χ0v) is 5.56. The molecule has 0 heteroatoms. The molecule has 2 fully saturated rings. The van der Waals surface area contributed by atoms with Gasteiger partial charge in [0.1, 0.15) is 0 Å². The maximum Gasteiger partial charge on any atom is -0.0380 e. The van der Waals surface area contributed by atoms with E-state index in [4.69, 9.17) is 0 Å². The first-order chi connectivity index (χ1) is 3.90. The van der Waals surface area contributed by atoms with E-state index in [9.17, 15) is 0 Å². The number of hydrogen-bond acceptors (Lipinski definition) is 0. The predicted octanol–water partition coefficient (Wildman–Crippen LogP) is 2.44. The van der Waals surface area contributed by atoms with Crippen LogP contribution in [0.1, 0.15) is 32.6 Å². The lowest BCUT2D eigenvalue weighted by atomic mass is 10.0. The van der Waals surface area contributed by atoms with E-state index in [0.29, 0.717) is 0 Å². The lowest BCUT2D eigenvalue weighted by molar-refractivity contribution is 0.473. The van der Waals surface area contributed by atoms with Crippen LogP contribution in [0, 0.1) is 17.8 Å². The average Bonchev–Trinajstić information content (AvgIpc) is 2.40. The molecule has 0 radical (unpaired) electrons. The standard InChI is InChI=1S/C8H14/c1-2-6-3-7-5-8(7)4-6/h6-8H,2-5H2,1H3/t6?,7-,8+. The van der Waals surface area contributed by atoms with Gasteiger partial charge in [-0.15, -0.1) is 0 Å². The molecule has 0 amide bonds. The Balaban J connectivity index is 1.89. The van der Waals surface area contributed by atoms with Gasteiger partial charge in [0.05, 0.1) is 0 Å². The van der Waals surface area contributed by atoms with Gasteiger partial charge in [0, 0.05) is 0 Å². The first-order valence-electron chi connectivity index (χ1n) is 3.90. The predicted molar refractivity (Wildman–Crippen MR) is 34.6 cm³/mol. The number of fused-ring (bicyclic) bond motifs is 1. The largest absolute Gasteiger partial charge is 0.0651 e. The highest BCUT2D eigenvalue weighted by atomic mass is 14.5. The van der Waals surface area contributed by atoms with Crippen molar-refractivity contribution in [3.05, 3.63) is 0 Å². The van der Waals surface area contributed by atoms with E-state index in [1.165, 1.54) is 18.3 Å². The first kappa shape index (κ1) is 4.84. The van der Waals surface area contributed by atoms with Gasteiger partial charge in [0.2, 0.25) is 0 Å². The van der Waals surface area contributed by atoms with Gasteiger partial charge >= 0.3 is 0 Å². The van der Waals surface area contributed by atoms with E-state index in [0.717, 1.165) is 5.92 Å². The lowest BCUT2D eigenvalue weighted by Crippen LogP contribution is -1.92. The minimum Gasteiger partial charge on any atom is -0.0651 e. The van der Waals surface area contributed by atoms with E-state index in [1.54, 1.807) is 19.3 Å². The summed E-state index contributed by atoms with van der Waals surface area (Å²) in [6.07, 6.45) is 6.16. The summed E-state index contributed by atoms with van der Waals surface area (Å²) >= 11 is 0. The summed E-state index contributed by atoms with van der Waals surface area (Å²) < 4.78 is 0. The van der Waals surface area contributed by atoms with Crippen molar-refractivity contribution in [2.24, 2.45) is 17.8 Å². The Morgan fingerprint density at radius 1 is 1.12 bits per heavy atom. The van der Waals surface area contributed by atoms with Gasteiger partial charge in [-0.05, 0) is 37.0 Å². The van der Waals surface area contributed by atoms with Crippen molar-refractivity contribution in [2.45, 2.75) is 32.6 Å². The summed E-state index contributed by atoms with van der Waals surface area (Å²) in [5, 5.41) is 0. The highest BCUT2D eigenvalue weighted by molar-refractivity contribution is 4.95. The zero-order valence-electron chi connectivity index (χ0n) is 5.56. The molecule has 2 aliphatic rings. The van der Waals surface area contributed by atoms with Gasteiger partial charge in [-0.25, -0.2) is 0 Å². The second kappa shape index (κ2) is 1.49. The molecule has 0 N–H and O–H groups in total. The Kier molecular flexibility index (Phi) is 0.902. The normalized spacial score (nSPS) is 51.4. The van der Waals surface area contributed by atoms with Crippen molar-refractivity contribution in [3.8, 4) is 0 Å². The van der Waals surface area contributed by atoms with E-state index in [1.807, 2.05) is 0 Å². The molecule has 0 heterocycles. The summed E-state index contributed by atoms with van der Waals surface area (Å²) in [7, 11) is 0. The molecule has 0 nitrogen and oxygen atoms in total. The second-order valence-electron chi connectivity index (χ2n) is 3.50. The molecule has 46 valence electrons. The highest BCUT2D eigenvalue weighted by Crippen LogP contribution is 2.54. The van der Waals surface area contributed by atoms with Crippen LogP contribution >= 0.6 is 0 Å². The maximum atomic E-state index is 2.33. The van der Waals surface area contributed by atoms with Crippen LogP contribution < -0.4 is 0 Å². The minimum atomic E-state index is 1.12. The molecular formula is C8H14. The molecule has 3 atom stereocenters. The molecule has 0 aliphatic heterocycles. The van der Waals surface area contributed by atoms with Gasteiger partial charge in [-0.3, -0.25) is 0 Å². The van der Waals surface area contributed by atoms with Gasteiger partial charge in [0.25, 0.3) is 0 Å². The van der Waals surface area contributed by atoms with Crippen LogP contribution in [0.15, 0.2) is 0 Å². The van der Waals surface area contributed by atoms with E-state index >= 15 is 0 Å². The van der Waals surface area contributed by atoms with Crippen molar-refractivity contribution < 1.29 is 0 Å². The SMILES string of the molecule is CCC1C[C@@H]2C[C@@H]2C1. The monoisotopic (exact) mass is 110 g/mol. The topological polar surface area (TPSA) is 0 Å². The van der Waals surface area contributed by atoms with E-state index in [2.05, 4.69) is 6.92 Å². The van der Waals surface area contributed by atoms with Crippen molar-refractivity contribution in [1.29, 1.82) is 0 Å². The van der Waals surface area contributed by atoms with Crippen LogP contribution in [0.4, 0.5) is 0 Å². The van der Waals surface area contributed by atoms with Crippen molar-refractivity contribution in [3.63, 3.8) is 0 Å². The van der Waals surface area contributed by atoms with Crippen LogP contribution in [-0.2, 0) is 0 Å². The quantitative estimate of drug-likeness (QED) is 0.486. The van der Waals surface area contributed by atoms with Crippen molar-refractivity contribution >= 4 is 0 Å². The molecule has 0 saturated heterocycles. The summed E-state index contributed by atoms with van der Waals surface area (Å²) in [5.74, 6) is 3.51. The minimum absolute atomic E-state index is 1.12. The molecule has 0 aromatic carbocycles. The third kappa shape index (κ3) is 0.586. The van der Waals surface area contributed by atoms with Crippen LogP contribution in [0.25, 0.3) is 0 Å². The zero-order chi connectivity index (χ0) is 5.56. The average molecular weight is 110 g/mol. The Morgan fingerprint density at radius 3 is 2.12 bits per heavy atom. The van der Waals surface area contributed by atoms with Crippen LogP contribution in [0.2, 0.25) is 0 Å². The molecule has 2 rings (SSSR count). The van der Waals surface area contributed by atoms with Gasteiger partial charge in [-0.2, -0.15) is 0 Å². The molecule has 2 aliphatic carbocycles. The van der Waals surface area contributed by atoms with Crippen molar-refractivity contribution in [1.82, 2.24) is 0 Å². The molecule has 1 unspecified atom stereocenters. The van der Waals surface area contributed by atoms with Crippen LogP contribution in [-0.4, -0.2) is 0 Å².